The Labute approximate surface area is 174 Å². The highest BCUT2D eigenvalue weighted by Crippen LogP contribution is 2.29. The molecular weight excluding hydrogens is 386 g/mol. The minimum Gasteiger partial charge on any atom is -0.494 e. The van der Waals surface area contributed by atoms with Gasteiger partial charge in [0.15, 0.2) is 5.82 Å². The number of likely N-dealkylation sites (tertiary alicyclic amines) is 1. The monoisotopic (exact) mass is 411 g/mol. The molecule has 6 nitrogen and oxygen atoms in total. The van der Waals surface area contributed by atoms with Crippen molar-refractivity contribution in [1.82, 2.24) is 15.0 Å². The summed E-state index contributed by atoms with van der Waals surface area (Å²) in [7, 11) is 0. The number of hydrogen-bond donors (Lipinski definition) is 0. The first-order valence-corrected chi connectivity index (χ1v) is 11.0. The van der Waals surface area contributed by atoms with Gasteiger partial charge < -0.3 is 14.2 Å². The third kappa shape index (κ3) is 4.85. The predicted octanol–water partition coefficient (Wildman–Crippen LogP) is 4.54. The van der Waals surface area contributed by atoms with E-state index >= 15 is 0 Å². The summed E-state index contributed by atoms with van der Waals surface area (Å²) in [5, 5.41) is 6.21. The number of amides is 1. The average molecular weight is 412 g/mol. The summed E-state index contributed by atoms with van der Waals surface area (Å²) in [5.41, 5.74) is 0.852. The summed E-state index contributed by atoms with van der Waals surface area (Å²) >= 11 is 1.73. The maximum Gasteiger partial charge on any atom is 0.257 e. The molecule has 0 N–H and O–H groups in total. The number of aromatic nitrogens is 2. The molecule has 29 heavy (non-hydrogen) atoms. The summed E-state index contributed by atoms with van der Waals surface area (Å²) < 4.78 is 11.1. The average Bonchev–Trinajstić information content (AvgIpc) is 3.48. The summed E-state index contributed by atoms with van der Waals surface area (Å²) in [6.07, 6.45) is 3.48. The molecule has 1 saturated heterocycles. The topological polar surface area (TPSA) is 68.5 Å². The lowest BCUT2D eigenvalue weighted by molar-refractivity contribution is -0.127. The smallest absolute Gasteiger partial charge is 0.257 e. The molecule has 1 aliphatic heterocycles. The highest BCUT2D eigenvalue weighted by Gasteiger charge is 2.33. The van der Waals surface area contributed by atoms with Crippen molar-refractivity contribution in [2.24, 2.45) is 0 Å². The van der Waals surface area contributed by atoms with Gasteiger partial charge in [-0.05, 0) is 48.6 Å². The highest BCUT2D eigenvalue weighted by molar-refractivity contribution is 7.09. The fourth-order valence-corrected chi connectivity index (χ4v) is 4.11. The van der Waals surface area contributed by atoms with Crippen molar-refractivity contribution < 1.29 is 14.1 Å². The van der Waals surface area contributed by atoms with Gasteiger partial charge in [0, 0.05) is 35.9 Å². The third-order valence-electron chi connectivity index (χ3n) is 5.10. The number of hydrogen-bond acceptors (Lipinski definition) is 6. The van der Waals surface area contributed by atoms with Crippen LogP contribution in [0.25, 0.3) is 11.5 Å². The van der Waals surface area contributed by atoms with Crippen molar-refractivity contribution in [3.8, 4) is 17.2 Å². The first-order chi connectivity index (χ1) is 14.2. The van der Waals surface area contributed by atoms with E-state index in [9.17, 15) is 4.79 Å². The van der Waals surface area contributed by atoms with Crippen molar-refractivity contribution in [3.63, 3.8) is 0 Å². The normalized spacial score (nSPS) is 16.5. The van der Waals surface area contributed by atoms with Crippen LogP contribution in [0.5, 0.6) is 5.75 Å². The Morgan fingerprint density at radius 3 is 2.90 bits per heavy atom. The Morgan fingerprint density at radius 1 is 1.28 bits per heavy atom. The summed E-state index contributed by atoms with van der Waals surface area (Å²) in [5.74, 6) is 2.07. The number of unbranched alkanes of at least 4 members (excludes halogenated alkanes) is 1. The van der Waals surface area contributed by atoms with Crippen molar-refractivity contribution in [3.05, 3.63) is 52.5 Å². The molecule has 0 aliphatic carbocycles. The number of ether oxygens (including phenoxy) is 1. The van der Waals surface area contributed by atoms with E-state index in [1.165, 1.54) is 4.88 Å². The maximum absolute atomic E-state index is 12.4. The number of carbonyl (C=O) groups is 1. The molecule has 0 bridgehead atoms. The van der Waals surface area contributed by atoms with Crippen molar-refractivity contribution in [2.45, 2.75) is 38.5 Å². The molecule has 0 spiro atoms. The van der Waals surface area contributed by atoms with E-state index in [0.717, 1.165) is 43.7 Å². The van der Waals surface area contributed by atoms with Crippen LogP contribution in [-0.4, -0.2) is 40.6 Å². The van der Waals surface area contributed by atoms with Gasteiger partial charge in [-0.2, -0.15) is 4.98 Å². The second-order valence-electron chi connectivity index (χ2n) is 7.25. The molecule has 4 rings (SSSR count). The van der Waals surface area contributed by atoms with Gasteiger partial charge in [-0.15, -0.1) is 11.3 Å². The molecule has 7 heteroatoms. The molecule has 3 heterocycles. The second kappa shape index (κ2) is 9.22. The number of thiophene rings is 1. The van der Waals surface area contributed by atoms with E-state index in [1.807, 2.05) is 35.2 Å². The summed E-state index contributed by atoms with van der Waals surface area (Å²) in [6.45, 7) is 4.24. The Hall–Kier alpha value is -2.67. The van der Waals surface area contributed by atoms with Crippen LogP contribution >= 0.6 is 11.3 Å². The standard InChI is InChI=1S/C22H25N3O3S/c1-2-3-12-27-18-8-6-16(7-9-18)22-23-21(24-28-22)17-14-20(26)25(15-17)11-10-19-5-4-13-29-19/h4-9,13,17H,2-3,10-12,14-15H2,1H3. The van der Waals surface area contributed by atoms with E-state index in [0.29, 0.717) is 24.7 Å². The quantitative estimate of drug-likeness (QED) is 0.484. The Bertz CT molecular complexity index is 921. The van der Waals surface area contributed by atoms with Crippen LogP contribution in [0.1, 0.15) is 42.8 Å². The number of benzene rings is 1. The van der Waals surface area contributed by atoms with Crippen LogP contribution in [-0.2, 0) is 11.2 Å². The summed E-state index contributed by atoms with van der Waals surface area (Å²) in [6, 6.07) is 11.8. The number of nitrogens with zero attached hydrogens (tertiary/aromatic N) is 3. The maximum atomic E-state index is 12.4. The summed E-state index contributed by atoms with van der Waals surface area (Å²) in [4.78, 5) is 20.1. The molecule has 152 valence electrons. The van der Waals surface area contributed by atoms with Gasteiger partial charge in [0.2, 0.25) is 5.91 Å². The van der Waals surface area contributed by atoms with Crippen LogP contribution < -0.4 is 4.74 Å². The van der Waals surface area contributed by atoms with Crippen LogP contribution in [0, 0.1) is 0 Å². The second-order valence-corrected chi connectivity index (χ2v) is 8.29. The van der Waals surface area contributed by atoms with Gasteiger partial charge in [-0.1, -0.05) is 24.6 Å². The van der Waals surface area contributed by atoms with Crippen molar-refractivity contribution >= 4 is 17.2 Å². The Morgan fingerprint density at radius 2 is 2.14 bits per heavy atom. The lowest BCUT2D eigenvalue weighted by Crippen LogP contribution is -2.27. The fraction of sp³-hybridized carbons (Fsp3) is 0.409. The minimum atomic E-state index is -0.0139. The van der Waals surface area contributed by atoms with Crippen LogP contribution in [0.2, 0.25) is 0 Å². The zero-order valence-corrected chi connectivity index (χ0v) is 17.4. The highest BCUT2D eigenvalue weighted by atomic mass is 32.1. The largest absolute Gasteiger partial charge is 0.494 e. The lowest BCUT2D eigenvalue weighted by Gasteiger charge is -2.15. The van der Waals surface area contributed by atoms with E-state index in [1.54, 1.807) is 11.3 Å². The molecule has 1 aromatic carbocycles. The molecular formula is C22H25N3O3S. The number of carbonyl (C=O) groups excluding carboxylic acids is 1. The molecule has 0 radical (unpaired) electrons. The van der Waals surface area contributed by atoms with Crippen molar-refractivity contribution in [1.29, 1.82) is 0 Å². The zero-order valence-electron chi connectivity index (χ0n) is 16.5. The van der Waals surface area contributed by atoms with Gasteiger partial charge in [0.1, 0.15) is 5.75 Å². The zero-order chi connectivity index (χ0) is 20.1. The SMILES string of the molecule is CCCCOc1ccc(-c2nc(C3CC(=O)N(CCc4cccs4)C3)no2)cc1. The van der Waals surface area contributed by atoms with Crippen LogP contribution in [0.15, 0.2) is 46.3 Å². The van der Waals surface area contributed by atoms with E-state index in [-0.39, 0.29) is 11.8 Å². The predicted molar refractivity (Wildman–Crippen MR) is 112 cm³/mol. The fourth-order valence-electron chi connectivity index (χ4n) is 3.41. The molecule has 1 amide bonds. The Kier molecular flexibility index (Phi) is 6.24. The first-order valence-electron chi connectivity index (χ1n) is 10.1. The molecule has 1 unspecified atom stereocenters. The van der Waals surface area contributed by atoms with Crippen LogP contribution in [0.3, 0.4) is 0 Å². The van der Waals surface area contributed by atoms with Crippen LogP contribution in [0.4, 0.5) is 0 Å². The lowest BCUT2D eigenvalue weighted by atomic mass is 10.1. The van der Waals surface area contributed by atoms with Gasteiger partial charge in [0.05, 0.1) is 6.61 Å². The van der Waals surface area contributed by atoms with Gasteiger partial charge >= 0.3 is 0 Å². The Balaban J connectivity index is 1.35. The van der Waals surface area contributed by atoms with Gasteiger partial charge in [-0.25, -0.2) is 0 Å². The molecule has 1 fully saturated rings. The molecule has 2 aromatic heterocycles. The molecule has 1 atom stereocenters. The van der Waals surface area contributed by atoms with E-state index in [2.05, 4.69) is 28.5 Å². The number of rotatable bonds is 9. The third-order valence-corrected chi connectivity index (χ3v) is 6.03. The van der Waals surface area contributed by atoms with Gasteiger partial charge in [0.25, 0.3) is 5.89 Å². The van der Waals surface area contributed by atoms with E-state index < -0.39 is 0 Å². The molecule has 1 aliphatic rings. The molecule has 0 saturated carbocycles. The molecule has 3 aromatic rings. The van der Waals surface area contributed by atoms with Crippen molar-refractivity contribution in [2.75, 3.05) is 19.7 Å². The minimum absolute atomic E-state index is 0.0139. The first kappa shape index (κ1) is 19.6. The van der Waals surface area contributed by atoms with Gasteiger partial charge in [-0.3, -0.25) is 4.79 Å². The van der Waals surface area contributed by atoms with E-state index in [4.69, 9.17) is 9.26 Å².